The third-order valence-corrected chi connectivity index (χ3v) is 5.16. The predicted molar refractivity (Wildman–Crippen MR) is 93.6 cm³/mol. The number of nitrogens with zero attached hydrogens (tertiary/aromatic N) is 2. The van der Waals surface area contributed by atoms with Crippen LogP contribution < -0.4 is 5.32 Å². The first-order valence-electron chi connectivity index (χ1n) is 8.99. The molecule has 5 nitrogen and oxygen atoms in total. The zero-order valence-electron chi connectivity index (χ0n) is 15.1. The lowest BCUT2D eigenvalue weighted by molar-refractivity contribution is -0.142. The molecule has 1 aromatic heterocycles. The number of aryl methyl sites for hydroxylation is 1. The number of anilines is 1. The highest BCUT2D eigenvalue weighted by molar-refractivity contribution is 5.91. The highest BCUT2D eigenvalue weighted by Crippen LogP contribution is 2.51. The average Bonchev–Trinajstić information content (AvgIpc) is 2.88. The van der Waals surface area contributed by atoms with Gasteiger partial charge in [-0.2, -0.15) is 5.10 Å². The number of rotatable bonds is 4. The lowest BCUT2D eigenvalue weighted by Gasteiger charge is -2.34. The summed E-state index contributed by atoms with van der Waals surface area (Å²) in [6.45, 7) is 0. The molecule has 9 heteroatoms. The van der Waals surface area contributed by atoms with E-state index in [2.05, 4.69) is 10.4 Å². The van der Waals surface area contributed by atoms with Crippen molar-refractivity contribution in [2.24, 2.45) is 7.05 Å². The first-order chi connectivity index (χ1) is 13.1. The van der Waals surface area contributed by atoms with Crippen molar-refractivity contribution in [3.8, 4) is 11.1 Å². The van der Waals surface area contributed by atoms with Crippen molar-refractivity contribution in [1.29, 1.82) is 0 Å². The van der Waals surface area contributed by atoms with Crippen molar-refractivity contribution in [2.75, 3.05) is 5.32 Å². The second-order valence-electron chi connectivity index (χ2n) is 7.48. The molecule has 0 radical (unpaired) electrons. The van der Waals surface area contributed by atoms with Crippen LogP contribution in [0.15, 0.2) is 30.3 Å². The van der Waals surface area contributed by atoms with Crippen molar-refractivity contribution < 1.29 is 27.1 Å². The molecule has 1 aromatic carbocycles. The van der Waals surface area contributed by atoms with Crippen LogP contribution in [0.5, 0.6) is 0 Å². The summed E-state index contributed by atoms with van der Waals surface area (Å²) < 4.78 is 59.1. The van der Waals surface area contributed by atoms with Gasteiger partial charge in [0.15, 0.2) is 0 Å². The number of hydrogen-bond donors (Lipinski definition) is 1. The summed E-state index contributed by atoms with van der Waals surface area (Å²) in [7, 11) is 1.58. The highest BCUT2D eigenvalue weighted by Gasteiger charge is 2.49. The highest BCUT2D eigenvalue weighted by atomic mass is 19.3. The molecule has 0 aliphatic heterocycles. The molecular formula is C19H19F4N3O2. The van der Waals surface area contributed by atoms with Crippen LogP contribution in [-0.4, -0.2) is 33.8 Å². The first kappa shape index (κ1) is 18.8. The molecule has 2 saturated carbocycles. The molecule has 2 fully saturated rings. The van der Waals surface area contributed by atoms with Gasteiger partial charge in [-0.3, -0.25) is 10.00 Å². The fraction of sp³-hybridized carbons (Fsp3) is 0.474. The molecule has 1 heterocycles. The molecule has 2 aliphatic carbocycles. The van der Waals surface area contributed by atoms with Crippen molar-refractivity contribution >= 4 is 11.9 Å². The maximum absolute atomic E-state index is 13.4. The predicted octanol–water partition coefficient (Wildman–Crippen LogP) is 4.95. The fourth-order valence-corrected chi connectivity index (χ4v) is 3.69. The fourth-order valence-electron chi connectivity index (χ4n) is 3.69. The summed E-state index contributed by atoms with van der Waals surface area (Å²) in [6.07, 6.45) is -3.31. The van der Waals surface area contributed by atoms with Gasteiger partial charge < -0.3 is 4.74 Å². The van der Waals surface area contributed by atoms with E-state index in [0.717, 1.165) is 0 Å². The van der Waals surface area contributed by atoms with E-state index in [1.54, 1.807) is 31.3 Å². The minimum absolute atomic E-state index is 0.285. The van der Waals surface area contributed by atoms with Crippen LogP contribution in [0.2, 0.25) is 0 Å². The van der Waals surface area contributed by atoms with E-state index in [4.69, 9.17) is 4.74 Å². The van der Waals surface area contributed by atoms with E-state index < -0.39 is 42.8 Å². The van der Waals surface area contributed by atoms with Gasteiger partial charge in [-0.05, 0) is 5.56 Å². The van der Waals surface area contributed by atoms with E-state index in [0.29, 0.717) is 16.8 Å². The molecule has 1 amide bonds. The Kier molecular flexibility index (Phi) is 4.35. The quantitative estimate of drug-likeness (QED) is 0.743. The Balaban J connectivity index is 1.59. The molecule has 0 saturated heterocycles. The standard InChI is InChI=1S/C19H19F4N3O2/c1-26-16(24-17(27)28-13-9-19(22,23)10-13)14(11-5-3-2-4-6-11)15(25-26)12-7-18(20,21)8-12/h2-6,12-13H,7-10H2,1H3,(H,24,27). The monoisotopic (exact) mass is 397 g/mol. The van der Waals surface area contributed by atoms with E-state index in [-0.39, 0.29) is 18.7 Å². The molecule has 0 spiro atoms. The van der Waals surface area contributed by atoms with Gasteiger partial charge in [0.2, 0.25) is 5.92 Å². The summed E-state index contributed by atoms with van der Waals surface area (Å²) in [5, 5.41) is 6.91. The van der Waals surface area contributed by atoms with Gasteiger partial charge in [0.05, 0.1) is 5.69 Å². The summed E-state index contributed by atoms with van der Waals surface area (Å²) in [5.41, 5.74) is 1.73. The molecule has 0 bridgehead atoms. The molecule has 28 heavy (non-hydrogen) atoms. The Hall–Kier alpha value is -2.58. The summed E-state index contributed by atoms with van der Waals surface area (Å²) in [6, 6.07) is 8.98. The van der Waals surface area contributed by atoms with Gasteiger partial charge in [-0.15, -0.1) is 0 Å². The third-order valence-electron chi connectivity index (χ3n) is 5.16. The Bertz CT molecular complexity index is 882. The second kappa shape index (κ2) is 6.49. The number of benzene rings is 1. The van der Waals surface area contributed by atoms with Gasteiger partial charge in [0.1, 0.15) is 11.9 Å². The van der Waals surface area contributed by atoms with Crippen LogP contribution in [-0.2, 0) is 11.8 Å². The summed E-state index contributed by atoms with van der Waals surface area (Å²) in [5.74, 6) is -5.64. The van der Waals surface area contributed by atoms with Gasteiger partial charge in [0.25, 0.3) is 5.92 Å². The van der Waals surface area contributed by atoms with E-state index >= 15 is 0 Å². The van der Waals surface area contributed by atoms with Crippen molar-refractivity contribution in [1.82, 2.24) is 9.78 Å². The van der Waals surface area contributed by atoms with Crippen LogP contribution >= 0.6 is 0 Å². The summed E-state index contributed by atoms with van der Waals surface area (Å²) >= 11 is 0. The van der Waals surface area contributed by atoms with E-state index in [9.17, 15) is 22.4 Å². The maximum atomic E-state index is 13.4. The largest absolute Gasteiger partial charge is 0.445 e. The van der Waals surface area contributed by atoms with Crippen LogP contribution in [0.25, 0.3) is 11.1 Å². The lowest BCUT2D eigenvalue weighted by Crippen LogP contribution is -2.43. The average molecular weight is 397 g/mol. The van der Waals surface area contributed by atoms with Crippen molar-refractivity contribution in [2.45, 2.75) is 49.6 Å². The normalized spacial score (nSPS) is 20.9. The van der Waals surface area contributed by atoms with Gasteiger partial charge in [-0.1, -0.05) is 30.3 Å². The van der Waals surface area contributed by atoms with E-state index in [1.807, 2.05) is 6.07 Å². The Labute approximate surface area is 158 Å². The molecule has 0 atom stereocenters. The van der Waals surface area contributed by atoms with Crippen LogP contribution in [0.1, 0.15) is 37.3 Å². The van der Waals surface area contributed by atoms with Crippen molar-refractivity contribution in [3.63, 3.8) is 0 Å². The minimum atomic E-state index is -2.80. The zero-order valence-corrected chi connectivity index (χ0v) is 15.1. The summed E-state index contributed by atoms with van der Waals surface area (Å²) in [4.78, 5) is 12.2. The minimum Gasteiger partial charge on any atom is -0.445 e. The zero-order chi connectivity index (χ0) is 20.1. The number of aromatic nitrogens is 2. The number of halogens is 4. The number of carbonyl (C=O) groups is 1. The second-order valence-corrected chi connectivity index (χ2v) is 7.48. The number of carbonyl (C=O) groups excluding carboxylic acids is 1. The maximum Gasteiger partial charge on any atom is 0.413 e. The molecule has 2 aromatic rings. The first-order valence-corrected chi connectivity index (χ1v) is 8.99. The number of hydrogen-bond acceptors (Lipinski definition) is 3. The molecule has 0 unspecified atom stereocenters. The molecule has 150 valence electrons. The topological polar surface area (TPSA) is 56.2 Å². The number of nitrogens with one attached hydrogen (secondary N) is 1. The smallest absolute Gasteiger partial charge is 0.413 e. The third kappa shape index (κ3) is 3.57. The van der Waals surface area contributed by atoms with Crippen LogP contribution in [0.3, 0.4) is 0 Å². The van der Waals surface area contributed by atoms with E-state index in [1.165, 1.54) is 4.68 Å². The van der Waals surface area contributed by atoms with Gasteiger partial charge >= 0.3 is 6.09 Å². The van der Waals surface area contributed by atoms with Gasteiger partial charge in [-0.25, -0.2) is 22.4 Å². The Morgan fingerprint density at radius 3 is 2.29 bits per heavy atom. The van der Waals surface area contributed by atoms with Crippen LogP contribution in [0.4, 0.5) is 28.2 Å². The van der Waals surface area contributed by atoms with Crippen molar-refractivity contribution in [3.05, 3.63) is 36.0 Å². The Morgan fingerprint density at radius 2 is 1.71 bits per heavy atom. The lowest BCUT2D eigenvalue weighted by atomic mass is 9.77. The molecule has 1 N–H and O–H groups in total. The molecular weight excluding hydrogens is 378 g/mol. The SMILES string of the molecule is Cn1nc(C2CC(F)(F)C2)c(-c2ccccc2)c1NC(=O)OC1CC(F)(F)C1. The van der Waals surface area contributed by atoms with Gasteiger partial charge in [0, 0.05) is 44.2 Å². The number of amides is 1. The number of ether oxygens (including phenoxy) is 1. The Morgan fingerprint density at radius 1 is 1.11 bits per heavy atom. The number of alkyl halides is 4. The molecule has 4 rings (SSSR count). The van der Waals surface area contributed by atoms with Crippen LogP contribution in [0, 0.1) is 0 Å². The molecule has 2 aliphatic rings.